The van der Waals surface area contributed by atoms with E-state index in [-0.39, 0.29) is 0 Å². The van der Waals surface area contributed by atoms with Crippen LogP contribution in [0.25, 0.3) is 16.6 Å². The molecule has 0 saturated heterocycles. The van der Waals surface area contributed by atoms with E-state index in [0.717, 1.165) is 16.6 Å². The van der Waals surface area contributed by atoms with E-state index in [1.54, 1.807) is 16.9 Å². The van der Waals surface area contributed by atoms with Crippen LogP contribution >= 0.6 is 0 Å². The maximum absolute atomic E-state index is 4.21. The van der Waals surface area contributed by atoms with Gasteiger partial charge in [0.25, 0.3) is 0 Å². The van der Waals surface area contributed by atoms with Gasteiger partial charge in [-0.15, -0.1) is 5.10 Å². The van der Waals surface area contributed by atoms with E-state index >= 15 is 0 Å². The lowest BCUT2D eigenvalue weighted by Crippen LogP contribution is -1.94. The van der Waals surface area contributed by atoms with Crippen LogP contribution < -0.4 is 0 Å². The van der Waals surface area contributed by atoms with Crippen LogP contribution in [0.1, 0.15) is 0 Å². The van der Waals surface area contributed by atoms with Crippen molar-refractivity contribution in [2.45, 2.75) is 0 Å². The molecule has 4 nitrogen and oxygen atoms in total. The Morgan fingerprint density at radius 3 is 3.08 bits per heavy atom. The first-order valence-corrected chi connectivity index (χ1v) is 4.00. The van der Waals surface area contributed by atoms with Crippen molar-refractivity contribution in [3.05, 3.63) is 36.7 Å². The van der Waals surface area contributed by atoms with E-state index in [1.165, 1.54) is 0 Å². The van der Waals surface area contributed by atoms with Crippen LogP contribution in [0.3, 0.4) is 0 Å². The number of hydrogen-bond donors (Lipinski definition) is 0. The van der Waals surface area contributed by atoms with Gasteiger partial charge in [0.2, 0.25) is 0 Å². The summed E-state index contributed by atoms with van der Waals surface area (Å²) in [5.74, 6) is 0. The number of imidazole rings is 1. The highest BCUT2D eigenvalue weighted by Gasteiger charge is 2.01. The fraction of sp³-hybridized carbons (Fsp3) is 0. The SMILES string of the molecule is c1ccc2c(c1)nnn1ccnc21. The minimum atomic E-state index is 0.852. The third kappa shape index (κ3) is 0.823. The van der Waals surface area contributed by atoms with Gasteiger partial charge in [-0.05, 0) is 12.1 Å². The summed E-state index contributed by atoms with van der Waals surface area (Å²) < 4.78 is 1.67. The first-order valence-electron chi connectivity index (χ1n) is 4.00. The Morgan fingerprint density at radius 2 is 2.08 bits per heavy atom. The normalized spacial score (nSPS) is 11.1. The molecule has 0 saturated carbocycles. The molecule has 2 heterocycles. The third-order valence-electron chi connectivity index (χ3n) is 2.02. The van der Waals surface area contributed by atoms with Gasteiger partial charge in [0.15, 0.2) is 5.65 Å². The first-order chi connectivity index (χ1) is 6.45. The summed E-state index contributed by atoms with van der Waals surface area (Å²) in [6.07, 6.45) is 3.51. The largest absolute Gasteiger partial charge is 0.235 e. The van der Waals surface area contributed by atoms with Crippen molar-refractivity contribution in [1.82, 2.24) is 19.8 Å². The van der Waals surface area contributed by atoms with Crippen LogP contribution in [-0.4, -0.2) is 19.8 Å². The zero-order valence-electron chi connectivity index (χ0n) is 6.75. The Labute approximate surface area is 73.8 Å². The standard InChI is InChI=1S/C9H6N4/c1-2-4-8-7(3-1)9-10-5-6-13(9)12-11-8/h1-6H. The fourth-order valence-corrected chi connectivity index (χ4v) is 1.41. The van der Waals surface area contributed by atoms with E-state index in [4.69, 9.17) is 0 Å². The minimum Gasteiger partial charge on any atom is -0.235 e. The van der Waals surface area contributed by atoms with Crippen LogP contribution in [0.2, 0.25) is 0 Å². The van der Waals surface area contributed by atoms with Crippen molar-refractivity contribution in [1.29, 1.82) is 0 Å². The van der Waals surface area contributed by atoms with Gasteiger partial charge in [-0.3, -0.25) is 0 Å². The van der Waals surface area contributed by atoms with Crippen molar-refractivity contribution in [3.63, 3.8) is 0 Å². The van der Waals surface area contributed by atoms with Crippen molar-refractivity contribution < 1.29 is 0 Å². The average Bonchev–Trinajstić information content (AvgIpc) is 2.65. The van der Waals surface area contributed by atoms with Gasteiger partial charge in [0, 0.05) is 11.6 Å². The highest BCUT2D eigenvalue weighted by molar-refractivity contribution is 5.90. The number of fused-ring (bicyclic) bond motifs is 3. The molecule has 0 aliphatic rings. The molecule has 3 aromatic rings. The van der Waals surface area contributed by atoms with Gasteiger partial charge in [-0.2, -0.15) is 0 Å². The zero-order valence-corrected chi connectivity index (χ0v) is 6.75. The molecule has 0 N–H and O–H groups in total. The van der Waals surface area contributed by atoms with Gasteiger partial charge < -0.3 is 0 Å². The van der Waals surface area contributed by atoms with Gasteiger partial charge in [0.05, 0.1) is 11.7 Å². The number of benzene rings is 1. The van der Waals surface area contributed by atoms with Crippen LogP contribution in [-0.2, 0) is 0 Å². The van der Waals surface area contributed by atoms with Gasteiger partial charge >= 0.3 is 0 Å². The average molecular weight is 170 g/mol. The van der Waals surface area contributed by atoms with Gasteiger partial charge in [0.1, 0.15) is 0 Å². The van der Waals surface area contributed by atoms with Crippen molar-refractivity contribution >= 4 is 16.6 Å². The Bertz CT molecular complexity index is 570. The molecule has 13 heavy (non-hydrogen) atoms. The van der Waals surface area contributed by atoms with Crippen LogP contribution in [0.5, 0.6) is 0 Å². The molecule has 0 unspecified atom stereocenters. The van der Waals surface area contributed by atoms with Crippen molar-refractivity contribution in [3.8, 4) is 0 Å². The molecule has 0 bridgehead atoms. The van der Waals surface area contributed by atoms with E-state index < -0.39 is 0 Å². The molecule has 62 valence electrons. The second-order valence-corrected chi connectivity index (χ2v) is 2.80. The van der Waals surface area contributed by atoms with Crippen LogP contribution in [0.15, 0.2) is 36.7 Å². The molecule has 4 heteroatoms. The fourth-order valence-electron chi connectivity index (χ4n) is 1.41. The third-order valence-corrected chi connectivity index (χ3v) is 2.02. The molecule has 0 atom stereocenters. The second kappa shape index (κ2) is 2.26. The molecule has 0 spiro atoms. The lowest BCUT2D eigenvalue weighted by molar-refractivity contribution is 0.829. The Balaban J connectivity index is 2.65. The monoisotopic (exact) mass is 170 g/mol. The highest BCUT2D eigenvalue weighted by atomic mass is 15.4. The molecule has 0 fully saturated rings. The maximum Gasteiger partial charge on any atom is 0.164 e. The first kappa shape index (κ1) is 6.54. The quantitative estimate of drug-likeness (QED) is 0.510. The van der Waals surface area contributed by atoms with Crippen molar-refractivity contribution in [2.75, 3.05) is 0 Å². The lowest BCUT2D eigenvalue weighted by Gasteiger charge is -1.96. The minimum absolute atomic E-state index is 0.852. The highest BCUT2D eigenvalue weighted by Crippen LogP contribution is 2.13. The number of nitrogens with zero attached hydrogens (tertiary/aromatic N) is 4. The van der Waals surface area contributed by atoms with Crippen LogP contribution in [0.4, 0.5) is 0 Å². The summed E-state index contributed by atoms with van der Waals surface area (Å²) in [7, 11) is 0. The second-order valence-electron chi connectivity index (χ2n) is 2.80. The van der Waals surface area contributed by atoms with Gasteiger partial charge in [-0.1, -0.05) is 17.3 Å². The van der Waals surface area contributed by atoms with E-state index in [0.29, 0.717) is 0 Å². The molecule has 0 amide bonds. The summed E-state index contributed by atoms with van der Waals surface area (Å²) in [4.78, 5) is 4.21. The van der Waals surface area contributed by atoms with E-state index in [9.17, 15) is 0 Å². The van der Waals surface area contributed by atoms with Crippen molar-refractivity contribution in [2.24, 2.45) is 0 Å². The molecule has 0 aliphatic heterocycles. The smallest absolute Gasteiger partial charge is 0.164 e. The van der Waals surface area contributed by atoms with E-state index in [2.05, 4.69) is 15.3 Å². The summed E-state index contributed by atoms with van der Waals surface area (Å²) >= 11 is 0. The van der Waals surface area contributed by atoms with Gasteiger partial charge in [-0.25, -0.2) is 9.50 Å². The summed E-state index contributed by atoms with van der Waals surface area (Å²) in [5.41, 5.74) is 1.73. The van der Waals surface area contributed by atoms with Crippen LogP contribution in [0, 0.1) is 0 Å². The lowest BCUT2D eigenvalue weighted by atomic mass is 10.2. The predicted octanol–water partition coefficient (Wildman–Crippen LogP) is 1.28. The number of aromatic nitrogens is 4. The molecule has 2 aromatic heterocycles. The summed E-state index contributed by atoms with van der Waals surface area (Å²) in [6.45, 7) is 0. The molecular weight excluding hydrogens is 164 g/mol. The Kier molecular flexibility index (Phi) is 1.14. The number of hydrogen-bond acceptors (Lipinski definition) is 3. The topological polar surface area (TPSA) is 43.1 Å². The molecule has 0 aliphatic carbocycles. The Hall–Kier alpha value is -1.97. The number of rotatable bonds is 0. The summed E-state index contributed by atoms with van der Waals surface area (Å²) in [5, 5.41) is 9.06. The van der Waals surface area contributed by atoms with E-state index in [1.807, 2.05) is 24.3 Å². The molecule has 3 rings (SSSR count). The molecular formula is C9H6N4. The zero-order chi connectivity index (χ0) is 8.67. The predicted molar refractivity (Wildman–Crippen MR) is 48.3 cm³/mol. The molecule has 1 aromatic carbocycles. The Morgan fingerprint density at radius 1 is 1.15 bits per heavy atom. The molecule has 0 radical (unpaired) electrons. The summed E-state index contributed by atoms with van der Waals surface area (Å²) in [6, 6.07) is 7.83. The maximum atomic E-state index is 4.21.